The molecule has 0 aliphatic heterocycles. The van der Waals surface area contributed by atoms with Gasteiger partial charge in [0.05, 0.1) is 11.4 Å². The first-order chi connectivity index (χ1) is 28.5. The third-order valence-electron chi connectivity index (χ3n) is 12.5. The summed E-state index contributed by atoms with van der Waals surface area (Å²) in [5.41, 5.74) is 12.7. The molecule has 2 aromatic heterocycles. The number of nitrogens with zero attached hydrogens (tertiary/aromatic N) is 2. The largest absolute Gasteiger partial charge is 0.228 e. The molecule has 1 aliphatic rings. The number of fused-ring (bicyclic) bond motifs is 10. The molecule has 9 aromatic carbocycles. The predicted octanol–water partition coefficient (Wildman–Crippen LogP) is 15.3. The summed E-state index contributed by atoms with van der Waals surface area (Å²) in [7, 11) is 0. The molecule has 0 unspecified atom stereocenters. The zero-order valence-electron chi connectivity index (χ0n) is 32.1. The Hall–Kier alpha value is -6.94. The Kier molecular flexibility index (Phi) is 7.18. The summed E-state index contributed by atoms with van der Waals surface area (Å²) >= 11 is 1.87. The molecule has 0 saturated carbocycles. The molecule has 12 rings (SSSR count). The van der Waals surface area contributed by atoms with E-state index in [1.54, 1.807) is 0 Å². The molecule has 1 aliphatic carbocycles. The van der Waals surface area contributed by atoms with Gasteiger partial charge in [0, 0.05) is 42.3 Å². The second-order valence-electron chi connectivity index (χ2n) is 16.1. The van der Waals surface area contributed by atoms with Gasteiger partial charge in [-0.25, -0.2) is 9.97 Å². The van der Waals surface area contributed by atoms with Crippen molar-refractivity contribution < 1.29 is 0 Å². The Morgan fingerprint density at radius 3 is 1.90 bits per heavy atom. The molecule has 0 saturated heterocycles. The maximum Gasteiger partial charge on any atom is 0.161 e. The molecule has 58 heavy (non-hydrogen) atoms. The van der Waals surface area contributed by atoms with Crippen LogP contribution in [0.15, 0.2) is 182 Å². The van der Waals surface area contributed by atoms with Gasteiger partial charge >= 0.3 is 0 Å². The Labute approximate surface area is 340 Å². The lowest BCUT2D eigenvalue weighted by atomic mass is 9.82. The number of hydrogen-bond donors (Lipinski definition) is 0. The number of rotatable bonds is 4. The van der Waals surface area contributed by atoms with Crippen LogP contribution in [-0.2, 0) is 5.41 Å². The molecule has 272 valence electrons. The van der Waals surface area contributed by atoms with Crippen LogP contribution in [-0.4, -0.2) is 9.97 Å². The van der Waals surface area contributed by atoms with Crippen LogP contribution in [0, 0.1) is 0 Å². The molecule has 0 amide bonds. The third-order valence-corrected chi connectivity index (χ3v) is 13.7. The molecular formula is C55H36N2S. The smallest absolute Gasteiger partial charge is 0.161 e. The van der Waals surface area contributed by atoms with Crippen molar-refractivity contribution in [2.75, 3.05) is 0 Å². The minimum atomic E-state index is -0.124. The Morgan fingerprint density at radius 2 is 1.03 bits per heavy atom. The van der Waals surface area contributed by atoms with Crippen molar-refractivity contribution in [3.8, 4) is 56.2 Å². The van der Waals surface area contributed by atoms with Crippen molar-refractivity contribution in [3.05, 3.63) is 193 Å². The van der Waals surface area contributed by atoms with Crippen molar-refractivity contribution in [2.45, 2.75) is 19.3 Å². The van der Waals surface area contributed by atoms with Crippen LogP contribution < -0.4 is 0 Å². The summed E-state index contributed by atoms with van der Waals surface area (Å²) in [5.74, 6) is 0.728. The van der Waals surface area contributed by atoms with Gasteiger partial charge in [0.2, 0.25) is 0 Å². The highest BCUT2D eigenvalue weighted by atomic mass is 32.1. The van der Waals surface area contributed by atoms with Gasteiger partial charge in [-0.15, -0.1) is 11.3 Å². The van der Waals surface area contributed by atoms with Crippen LogP contribution in [0.3, 0.4) is 0 Å². The van der Waals surface area contributed by atoms with Gasteiger partial charge in [-0.3, -0.25) is 0 Å². The van der Waals surface area contributed by atoms with Crippen molar-refractivity contribution in [1.29, 1.82) is 0 Å². The molecule has 0 fully saturated rings. The minimum Gasteiger partial charge on any atom is -0.228 e. The molecule has 2 nitrogen and oxygen atoms in total. The number of aromatic nitrogens is 2. The van der Waals surface area contributed by atoms with Crippen molar-refractivity contribution in [3.63, 3.8) is 0 Å². The summed E-state index contributed by atoms with van der Waals surface area (Å²) < 4.78 is 2.63. The van der Waals surface area contributed by atoms with Crippen LogP contribution in [0.4, 0.5) is 0 Å². The lowest BCUT2D eigenvalue weighted by Crippen LogP contribution is -2.14. The van der Waals surface area contributed by atoms with Gasteiger partial charge in [-0.1, -0.05) is 172 Å². The van der Waals surface area contributed by atoms with E-state index in [2.05, 4.69) is 196 Å². The second-order valence-corrected chi connectivity index (χ2v) is 17.2. The second kappa shape index (κ2) is 12.5. The molecule has 2 heterocycles. The fraction of sp³-hybridized carbons (Fsp3) is 0.0545. The fourth-order valence-corrected chi connectivity index (χ4v) is 10.8. The van der Waals surface area contributed by atoms with Gasteiger partial charge in [0.25, 0.3) is 0 Å². The molecule has 0 spiro atoms. The highest BCUT2D eigenvalue weighted by molar-refractivity contribution is 7.26. The van der Waals surface area contributed by atoms with Crippen LogP contribution in [0.2, 0.25) is 0 Å². The van der Waals surface area contributed by atoms with E-state index in [-0.39, 0.29) is 5.41 Å². The molecule has 3 heteroatoms. The first-order valence-corrected chi connectivity index (χ1v) is 20.8. The number of hydrogen-bond acceptors (Lipinski definition) is 3. The van der Waals surface area contributed by atoms with E-state index in [9.17, 15) is 0 Å². The first kappa shape index (κ1) is 33.2. The molecule has 0 radical (unpaired) electrons. The summed E-state index contributed by atoms with van der Waals surface area (Å²) in [6.45, 7) is 4.68. The Balaban J connectivity index is 1.08. The van der Waals surface area contributed by atoms with Gasteiger partial charge in [0.15, 0.2) is 5.82 Å². The van der Waals surface area contributed by atoms with E-state index in [4.69, 9.17) is 9.97 Å². The molecule has 0 bridgehead atoms. The molecule has 11 aromatic rings. The SMILES string of the molecule is CC1(C)c2ccccc2-c2ccc(-c3cc(-c4ccc(-c5cccc6c5sc5ccccc56)cc4)nc(-c4c5ccccc5cc5c4ccc4ccccc45)n3)cc21. The zero-order chi connectivity index (χ0) is 38.5. The fourth-order valence-electron chi connectivity index (χ4n) is 9.57. The molecule has 0 N–H and O–H groups in total. The highest BCUT2D eigenvalue weighted by Crippen LogP contribution is 2.50. The van der Waals surface area contributed by atoms with E-state index in [1.807, 2.05) is 11.3 Å². The molecular weight excluding hydrogens is 721 g/mol. The van der Waals surface area contributed by atoms with Crippen molar-refractivity contribution in [1.82, 2.24) is 9.97 Å². The monoisotopic (exact) mass is 756 g/mol. The predicted molar refractivity (Wildman–Crippen MR) is 247 cm³/mol. The van der Waals surface area contributed by atoms with Gasteiger partial charge in [-0.05, 0) is 90.0 Å². The first-order valence-electron chi connectivity index (χ1n) is 20.0. The number of thiophene rings is 1. The van der Waals surface area contributed by atoms with E-state index in [0.29, 0.717) is 0 Å². The molecule has 0 atom stereocenters. The lowest BCUT2D eigenvalue weighted by Gasteiger charge is -2.22. The average molecular weight is 757 g/mol. The topological polar surface area (TPSA) is 25.8 Å². The van der Waals surface area contributed by atoms with Crippen molar-refractivity contribution in [2.24, 2.45) is 0 Å². The maximum atomic E-state index is 5.51. The normalized spacial score (nSPS) is 13.1. The van der Waals surface area contributed by atoms with Crippen LogP contribution in [0.25, 0.3) is 109 Å². The van der Waals surface area contributed by atoms with Gasteiger partial charge < -0.3 is 0 Å². The third kappa shape index (κ3) is 4.97. The van der Waals surface area contributed by atoms with Crippen molar-refractivity contribution >= 4 is 63.8 Å². The summed E-state index contributed by atoms with van der Waals surface area (Å²) in [4.78, 5) is 11.0. The van der Waals surface area contributed by atoms with Crippen LogP contribution >= 0.6 is 11.3 Å². The van der Waals surface area contributed by atoms with E-state index >= 15 is 0 Å². The minimum absolute atomic E-state index is 0.124. The standard InChI is InChI=1S/C55H36N2S/c1-55(2)47-20-9-7-16-41(47)42-28-27-37(31-48(42)55)50-32-49(35-24-22-34(23-25-35)40-18-11-19-45-43-17-8-10-21-51(43)58-53(40)45)56-54(57-50)52-39-15-6-4-13-36(39)30-46-38-14-5-3-12-33(38)26-29-44(46)52/h3-32H,1-2H3. The summed E-state index contributed by atoms with van der Waals surface area (Å²) in [6, 6.07) is 66.4. The van der Waals surface area contributed by atoms with Crippen LogP contribution in [0.1, 0.15) is 25.0 Å². The summed E-state index contributed by atoms with van der Waals surface area (Å²) in [5, 5.41) is 9.75. The van der Waals surface area contributed by atoms with Gasteiger partial charge in [-0.2, -0.15) is 0 Å². The Morgan fingerprint density at radius 1 is 0.397 bits per heavy atom. The van der Waals surface area contributed by atoms with Crippen LogP contribution in [0.5, 0.6) is 0 Å². The maximum absolute atomic E-state index is 5.51. The average Bonchev–Trinajstić information content (AvgIpc) is 3.77. The van der Waals surface area contributed by atoms with E-state index < -0.39 is 0 Å². The quantitative estimate of drug-likeness (QED) is 0.132. The van der Waals surface area contributed by atoms with Gasteiger partial charge in [0.1, 0.15) is 0 Å². The van der Waals surface area contributed by atoms with E-state index in [0.717, 1.165) is 44.7 Å². The Bertz CT molecular complexity index is 3480. The lowest BCUT2D eigenvalue weighted by molar-refractivity contribution is 0.660. The highest BCUT2D eigenvalue weighted by Gasteiger charge is 2.35. The van der Waals surface area contributed by atoms with E-state index in [1.165, 1.54) is 75.1 Å². The number of benzene rings is 9. The summed E-state index contributed by atoms with van der Waals surface area (Å²) in [6.07, 6.45) is 0. The zero-order valence-corrected chi connectivity index (χ0v) is 32.9.